The van der Waals surface area contributed by atoms with E-state index in [0.717, 1.165) is 17.9 Å². The van der Waals surface area contributed by atoms with E-state index in [1.165, 1.54) is 0 Å². The zero-order valence-electron chi connectivity index (χ0n) is 8.83. The predicted molar refractivity (Wildman–Crippen MR) is 55.5 cm³/mol. The molecule has 0 aliphatic heterocycles. The van der Waals surface area contributed by atoms with Gasteiger partial charge < -0.3 is 4.74 Å². The van der Waals surface area contributed by atoms with E-state index in [0.29, 0.717) is 18.4 Å². The van der Waals surface area contributed by atoms with Crippen LogP contribution in [0.25, 0.3) is 0 Å². The molecule has 0 fully saturated rings. The second-order valence-corrected chi connectivity index (χ2v) is 3.69. The van der Waals surface area contributed by atoms with Crippen molar-refractivity contribution in [2.45, 2.75) is 32.2 Å². The molecule has 0 aromatic carbocycles. The van der Waals surface area contributed by atoms with Crippen LogP contribution in [-0.4, -0.2) is 28.7 Å². The molecule has 0 aliphatic rings. The molecule has 1 heterocycles. The van der Waals surface area contributed by atoms with Crippen molar-refractivity contribution in [1.29, 1.82) is 0 Å². The highest BCUT2D eigenvalue weighted by atomic mass is 35.5. The molecule has 0 amide bonds. The van der Waals surface area contributed by atoms with Crippen molar-refractivity contribution in [3.63, 3.8) is 0 Å². The van der Waals surface area contributed by atoms with Gasteiger partial charge in [-0.25, -0.2) is 4.68 Å². The van der Waals surface area contributed by atoms with E-state index < -0.39 is 0 Å². The molecule has 0 unspecified atom stereocenters. The van der Waals surface area contributed by atoms with Gasteiger partial charge in [0.1, 0.15) is 5.69 Å². The molecule has 5 heteroatoms. The van der Waals surface area contributed by atoms with Crippen LogP contribution in [0.2, 0.25) is 0 Å². The number of aromatic nitrogens is 3. The van der Waals surface area contributed by atoms with Gasteiger partial charge in [-0.2, -0.15) is 0 Å². The van der Waals surface area contributed by atoms with Gasteiger partial charge in [-0.05, 0) is 5.92 Å². The van der Waals surface area contributed by atoms with E-state index in [1.54, 1.807) is 7.11 Å². The zero-order valence-corrected chi connectivity index (χ0v) is 9.58. The number of rotatable bonds is 5. The van der Waals surface area contributed by atoms with Crippen LogP contribution in [0, 0.1) is 0 Å². The first-order chi connectivity index (χ1) is 6.70. The minimum atomic E-state index is 0.385. The fourth-order valence-electron chi connectivity index (χ4n) is 1.43. The summed E-state index contributed by atoms with van der Waals surface area (Å²) in [7, 11) is 1.68. The average molecular weight is 218 g/mol. The van der Waals surface area contributed by atoms with Crippen LogP contribution in [0.4, 0.5) is 0 Å². The topological polar surface area (TPSA) is 39.9 Å². The van der Waals surface area contributed by atoms with Gasteiger partial charge in [-0.15, -0.1) is 16.7 Å². The predicted octanol–water partition coefficient (Wildman–Crippen LogP) is 1.79. The van der Waals surface area contributed by atoms with E-state index in [9.17, 15) is 0 Å². The van der Waals surface area contributed by atoms with Crippen molar-refractivity contribution < 1.29 is 4.74 Å². The second-order valence-electron chi connectivity index (χ2n) is 3.43. The summed E-state index contributed by atoms with van der Waals surface area (Å²) in [5.41, 5.74) is 1.98. The number of halogens is 1. The van der Waals surface area contributed by atoms with Gasteiger partial charge in [-0.3, -0.25) is 0 Å². The lowest BCUT2D eigenvalue weighted by atomic mass is 10.1. The summed E-state index contributed by atoms with van der Waals surface area (Å²) in [4.78, 5) is 0. The molecule has 0 saturated heterocycles. The van der Waals surface area contributed by atoms with Crippen LogP contribution in [0.3, 0.4) is 0 Å². The summed E-state index contributed by atoms with van der Waals surface area (Å²) >= 11 is 5.78. The Morgan fingerprint density at radius 3 is 2.71 bits per heavy atom. The third kappa shape index (κ3) is 2.45. The Morgan fingerprint density at radius 1 is 1.50 bits per heavy atom. The van der Waals surface area contributed by atoms with Gasteiger partial charge >= 0.3 is 0 Å². The monoisotopic (exact) mass is 217 g/mol. The fourth-order valence-corrected chi connectivity index (χ4v) is 1.62. The van der Waals surface area contributed by atoms with Crippen molar-refractivity contribution in [2.75, 3.05) is 13.7 Å². The first-order valence-electron chi connectivity index (χ1n) is 4.67. The molecule has 0 aliphatic carbocycles. The Kier molecular flexibility index (Phi) is 4.35. The number of ether oxygens (including phenoxy) is 1. The molecule has 1 rings (SSSR count). The molecule has 0 radical (unpaired) electrons. The van der Waals surface area contributed by atoms with Gasteiger partial charge in [0.15, 0.2) is 0 Å². The van der Waals surface area contributed by atoms with Crippen LogP contribution < -0.4 is 0 Å². The molecule has 0 spiro atoms. The Morgan fingerprint density at radius 2 is 2.21 bits per heavy atom. The maximum atomic E-state index is 5.78. The van der Waals surface area contributed by atoms with Gasteiger partial charge in [0, 0.05) is 7.11 Å². The molecular formula is C9H16ClN3O. The summed E-state index contributed by atoms with van der Waals surface area (Å²) in [5.74, 6) is 0.802. The van der Waals surface area contributed by atoms with Crippen LogP contribution in [0.5, 0.6) is 0 Å². The summed E-state index contributed by atoms with van der Waals surface area (Å²) < 4.78 is 6.87. The SMILES string of the molecule is COCCn1nnc(CCl)c1C(C)C. The van der Waals surface area contributed by atoms with Gasteiger partial charge in [0.25, 0.3) is 0 Å². The lowest BCUT2D eigenvalue weighted by Crippen LogP contribution is -2.11. The Labute approximate surface area is 89.2 Å². The molecule has 4 nitrogen and oxygen atoms in total. The van der Waals surface area contributed by atoms with Crippen LogP contribution in [-0.2, 0) is 17.2 Å². The number of nitrogens with zero attached hydrogens (tertiary/aromatic N) is 3. The molecule has 0 bridgehead atoms. The lowest BCUT2D eigenvalue weighted by Gasteiger charge is -2.09. The Bertz CT molecular complexity index is 286. The lowest BCUT2D eigenvalue weighted by molar-refractivity contribution is 0.181. The highest BCUT2D eigenvalue weighted by Gasteiger charge is 2.14. The molecule has 0 saturated carbocycles. The third-order valence-corrected chi connectivity index (χ3v) is 2.28. The Balaban J connectivity index is 2.87. The fraction of sp³-hybridized carbons (Fsp3) is 0.778. The van der Waals surface area contributed by atoms with Crippen LogP contribution in [0.1, 0.15) is 31.2 Å². The van der Waals surface area contributed by atoms with E-state index >= 15 is 0 Å². The molecule has 1 aromatic heterocycles. The molecular weight excluding hydrogens is 202 g/mol. The normalized spacial score (nSPS) is 11.2. The zero-order chi connectivity index (χ0) is 10.6. The number of hydrogen-bond acceptors (Lipinski definition) is 3. The first-order valence-corrected chi connectivity index (χ1v) is 5.21. The maximum absolute atomic E-state index is 5.78. The smallest absolute Gasteiger partial charge is 0.101 e. The Hall–Kier alpha value is -0.610. The summed E-state index contributed by atoms with van der Waals surface area (Å²) in [6.45, 7) is 5.59. The number of alkyl halides is 1. The van der Waals surface area contributed by atoms with Crippen LogP contribution in [0.15, 0.2) is 0 Å². The standard InChI is InChI=1S/C9H16ClN3O/c1-7(2)9-8(6-10)11-12-13(9)4-5-14-3/h7H,4-6H2,1-3H3. The largest absolute Gasteiger partial charge is 0.383 e. The molecule has 80 valence electrons. The molecule has 1 aromatic rings. The van der Waals surface area contributed by atoms with E-state index in [1.807, 2.05) is 4.68 Å². The first kappa shape index (κ1) is 11.5. The molecule has 0 atom stereocenters. The van der Waals surface area contributed by atoms with Crippen molar-refractivity contribution in [1.82, 2.24) is 15.0 Å². The van der Waals surface area contributed by atoms with Crippen LogP contribution >= 0.6 is 11.6 Å². The quantitative estimate of drug-likeness (QED) is 0.706. The second kappa shape index (κ2) is 5.32. The third-order valence-electron chi connectivity index (χ3n) is 2.03. The number of methoxy groups -OCH3 is 1. The number of hydrogen-bond donors (Lipinski definition) is 0. The summed E-state index contributed by atoms with van der Waals surface area (Å²) in [5, 5.41) is 8.08. The van der Waals surface area contributed by atoms with Crippen molar-refractivity contribution in [3.8, 4) is 0 Å². The minimum absolute atomic E-state index is 0.385. The van der Waals surface area contributed by atoms with Gasteiger partial charge in [-0.1, -0.05) is 19.1 Å². The highest BCUT2D eigenvalue weighted by molar-refractivity contribution is 6.16. The van der Waals surface area contributed by atoms with Crippen molar-refractivity contribution >= 4 is 11.6 Å². The van der Waals surface area contributed by atoms with Gasteiger partial charge in [0.05, 0.1) is 24.7 Å². The molecule has 14 heavy (non-hydrogen) atoms. The highest BCUT2D eigenvalue weighted by Crippen LogP contribution is 2.18. The molecule has 0 N–H and O–H groups in total. The van der Waals surface area contributed by atoms with E-state index in [2.05, 4.69) is 24.2 Å². The maximum Gasteiger partial charge on any atom is 0.101 e. The average Bonchev–Trinajstić information content (AvgIpc) is 2.57. The van der Waals surface area contributed by atoms with Crippen molar-refractivity contribution in [3.05, 3.63) is 11.4 Å². The summed E-state index contributed by atoms with van der Waals surface area (Å²) in [6.07, 6.45) is 0. The van der Waals surface area contributed by atoms with Gasteiger partial charge in [0.2, 0.25) is 0 Å². The van der Waals surface area contributed by atoms with E-state index in [-0.39, 0.29) is 0 Å². The summed E-state index contributed by atoms with van der Waals surface area (Å²) in [6, 6.07) is 0. The van der Waals surface area contributed by atoms with E-state index in [4.69, 9.17) is 16.3 Å². The van der Waals surface area contributed by atoms with Crippen molar-refractivity contribution in [2.24, 2.45) is 0 Å². The minimum Gasteiger partial charge on any atom is -0.383 e.